The second-order valence-electron chi connectivity index (χ2n) is 4.02. The first-order chi connectivity index (χ1) is 7.29. The Hall–Kier alpha value is -1.22. The number of aryl methyl sites for hydroxylation is 1. The number of benzene rings is 1. The highest BCUT2D eigenvalue weighted by atomic mass is 16.5. The van der Waals surface area contributed by atoms with Gasteiger partial charge in [-0.2, -0.15) is 0 Å². The topological polar surface area (TPSA) is 41.5 Å². The zero-order chi connectivity index (χ0) is 10.7. The number of fused-ring (bicyclic) bond motifs is 1. The normalized spacial score (nSPS) is 18.9. The van der Waals surface area contributed by atoms with Crippen molar-refractivity contribution >= 4 is 5.69 Å². The molecule has 0 aromatic heterocycles. The fourth-order valence-corrected chi connectivity index (χ4v) is 1.81. The zero-order valence-electron chi connectivity index (χ0n) is 8.99. The summed E-state index contributed by atoms with van der Waals surface area (Å²) in [4.78, 5) is 0. The molecule has 3 nitrogen and oxygen atoms in total. The third kappa shape index (κ3) is 2.42. The van der Waals surface area contributed by atoms with E-state index < -0.39 is 0 Å². The maximum atomic E-state index is 8.76. The van der Waals surface area contributed by atoms with Crippen LogP contribution in [0.3, 0.4) is 0 Å². The smallest absolute Gasteiger partial charge is 0.142 e. The van der Waals surface area contributed by atoms with Gasteiger partial charge in [-0.25, -0.2) is 0 Å². The molecule has 2 rings (SSSR count). The lowest BCUT2D eigenvalue weighted by atomic mass is 10.1. The SMILES string of the molecule is Cc1ccc2c(c1)OCC(CCCO)N2. The third-order valence-corrected chi connectivity index (χ3v) is 2.65. The molecule has 82 valence electrons. The Kier molecular flexibility index (Phi) is 3.11. The van der Waals surface area contributed by atoms with Gasteiger partial charge in [0.15, 0.2) is 0 Å². The molecule has 1 aliphatic rings. The van der Waals surface area contributed by atoms with Crippen LogP contribution >= 0.6 is 0 Å². The van der Waals surface area contributed by atoms with Gasteiger partial charge in [-0.15, -0.1) is 0 Å². The number of anilines is 1. The summed E-state index contributed by atoms with van der Waals surface area (Å²) in [6, 6.07) is 6.50. The third-order valence-electron chi connectivity index (χ3n) is 2.65. The van der Waals surface area contributed by atoms with Crippen LogP contribution in [0.25, 0.3) is 0 Å². The van der Waals surface area contributed by atoms with E-state index in [2.05, 4.69) is 24.4 Å². The van der Waals surface area contributed by atoms with Crippen LogP contribution < -0.4 is 10.1 Å². The van der Waals surface area contributed by atoms with Crippen LogP contribution in [0, 0.1) is 6.92 Å². The molecular formula is C12H17NO2. The summed E-state index contributed by atoms with van der Waals surface area (Å²) in [7, 11) is 0. The minimum absolute atomic E-state index is 0.249. The highest BCUT2D eigenvalue weighted by molar-refractivity contribution is 5.59. The summed E-state index contributed by atoms with van der Waals surface area (Å²) in [6.45, 7) is 3.00. The van der Waals surface area contributed by atoms with Gasteiger partial charge in [0.05, 0.1) is 11.7 Å². The van der Waals surface area contributed by atoms with Gasteiger partial charge >= 0.3 is 0 Å². The number of nitrogens with one attached hydrogen (secondary N) is 1. The van der Waals surface area contributed by atoms with Gasteiger partial charge in [-0.1, -0.05) is 6.07 Å². The van der Waals surface area contributed by atoms with E-state index in [0.717, 1.165) is 24.3 Å². The van der Waals surface area contributed by atoms with Crippen LogP contribution in [-0.4, -0.2) is 24.4 Å². The lowest BCUT2D eigenvalue weighted by Gasteiger charge is -2.27. The Morgan fingerprint density at radius 3 is 3.20 bits per heavy atom. The van der Waals surface area contributed by atoms with Crippen molar-refractivity contribution in [2.24, 2.45) is 0 Å². The fourth-order valence-electron chi connectivity index (χ4n) is 1.81. The monoisotopic (exact) mass is 207 g/mol. The second kappa shape index (κ2) is 4.53. The van der Waals surface area contributed by atoms with Gasteiger partial charge in [-0.3, -0.25) is 0 Å². The van der Waals surface area contributed by atoms with Crippen LogP contribution in [0.2, 0.25) is 0 Å². The standard InChI is InChI=1S/C12H17NO2/c1-9-4-5-11-12(7-9)15-8-10(13-11)3-2-6-14/h4-5,7,10,13-14H,2-3,6,8H2,1H3. The van der Waals surface area contributed by atoms with E-state index in [-0.39, 0.29) is 6.61 Å². The van der Waals surface area contributed by atoms with Crippen LogP contribution in [-0.2, 0) is 0 Å². The molecule has 0 saturated heterocycles. The predicted molar refractivity (Wildman–Crippen MR) is 60.4 cm³/mol. The van der Waals surface area contributed by atoms with Crippen molar-refractivity contribution < 1.29 is 9.84 Å². The molecule has 1 unspecified atom stereocenters. The Balaban J connectivity index is 2.03. The lowest BCUT2D eigenvalue weighted by Crippen LogP contribution is -2.31. The van der Waals surface area contributed by atoms with Gasteiger partial charge in [0, 0.05) is 6.61 Å². The second-order valence-corrected chi connectivity index (χ2v) is 4.02. The van der Waals surface area contributed by atoms with Crippen molar-refractivity contribution in [3.05, 3.63) is 23.8 Å². The Morgan fingerprint density at radius 2 is 2.40 bits per heavy atom. The van der Waals surface area contributed by atoms with Crippen molar-refractivity contribution in [3.8, 4) is 5.75 Å². The fraction of sp³-hybridized carbons (Fsp3) is 0.500. The van der Waals surface area contributed by atoms with Crippen molar-refractivity contribution in [1.82, 2.24) is 0 Å². The molecule has 0 fully saturated rings. The maximum absolute atomic E-state index is 8.76. The number of hydrogen-bond donors (Lipinski definition) is 2. The number of aliphatic hydroxyl groups excluding tert-OH is 1. The minimum atomic E-state index is 0.249. The zero-order valence-corrected chi connectivity index (χ0v) is 8.99. The van der Waals surface area contributed by atoms with E-state index >= 15 is 0 Å². The molecule has 0 aliphatic carbocycles. The summed E-state index contributed by atoms with van der Waals surface area (Å²) in [6.07, 6.45) is 1.77. The first kappa shape index (κ1) is 10.3. The molecule has 1 atom stereocenters. The van der Waals surface area contributed by atoms with E-state index in [1.165, 1.54) is 5.56 Å². The number of aliphatic hydroxyl groups is 1. The predicted octanol–water partition coefficient (Wildman–Crippen LogP) is 1.94. The van der Waals surface area contributed by atoms with E-state index in [9.17, 15) is 0 Å². The van der Waals surface area contributed by atoms with Crippen LogP contribution in [0.5, 0.6) is 5.75 Å². The van der Waals surface area contributed by atoms with Gasteiger partial charge in [0.1, 0.15) is 12.4 Å². The summed E-state index contributed by atoms with van der Waals surface area (Å²) in [5.41, 5.74) is 2.28. The molecule has 1 aromatic rings. The van der Waals surface area contributed by atoms with E-state index in [4.69, 9.17) is 9.84 Å². The molecule has 3 heteroatoms. The molecule has 0 spiro atoms. The number of rotatable bonds is 3. The van der Waals surface area contributed by atoms with Crippen molar-refractivity contribution in [2.75, 3.05) is 18.5 Å². The summed E-state index contributed by atoms with van der Waals surface area (Å²) in [5, 5.41) is 12.2. The maximum Gasteiger partial charge on any atom is 0.142 e. The highest BCUT2D eigenvalue weighted by Crippen LogP contribution is 2.30. The molecule has 0 radical (unpaired) electrons. The molecule has 15 heavy (non-hydrogen) atoms. The molecule has 0 bridgehead atoms. The average Bonchev–Trinajstić information content (AvgIpc) is 2.26. The minimum Gasteiger partial charge on any atom is -0.489 e. The van der Waals surface area contributed by atoms with Gasteiger partial charge in [0.25, 0.3) is 0 Å². The van der Waals surface area contributed by atoms with E-state index in [0.29, 0.717) is 12.6 Å². The quantitative estimate of drug-likeness (QED) is 0.796. The number of hydrogen-bond acceptors (Lipinski definition) is 3. The van der Waals surface area contributed by atoms with Crippen molar-refractivity contribution in [2.45, 2.75) is 25.8 Å². The molecule has 1 aliphatic heterocycles. The van der Waals surface area contributed by atoms with Gasteiger partial charge in [-0.05, 0) is 37.5 Å². The molecule has 1 aromatic carbocycles. The van der Waals surface area contributed by atoms with Crippen LogP contribution in [0.15, 0.2) is 18.2 Å². The van der Waals surface area contributed by atoms with Crippen molar-refractivity contribution in [3.63, 3.8) is 0 Å². The summed E-state index contributed by atoms with van der Waals surface area (Å²) < 4.78 is 5.67. The largest absolute Gasteiger partial charge is 0.489 e. The Bertz CT molecular complexity index is 338. The van der Waals surface area contributed by atoms with Crippen LogP contribution in [0.1, 0.15) is 18.4 Å². The Morgan fingerprint density at radius 1 is 1.53 bits per heavy atom. The first-order valence-electron chi connectivity index (χ1n) is 5.40. The Labute approximate surface area is 90.1 Å². The molecule has 2 N–H and O–H groups in total. The van der Waals surface area contributed by atoms with Crippen molar-refractivity contribution in [1.29, 1.82) is 0 Å². The summed E-state index contributed by atoms with van der Waals surface area (Å²) in [5.74, 6) is 0.940. The molecular weight excluding hydrogens is 190 g/mol. The highest BCUT2D eigenvalue weighted by Gasteiger charge is 2.17. The molecule has 0 amide bonds. The average molecular weight is 207 g/mol. The number of ether oxygens (including phenoxy) is 1. The van der Waals surface area contributed by atoms with Crippen LogP contribution in [0.4, 0.5) is 5.69 Å². The van der Waals surface area contributed by atoms with Gasteiger partial charge in [0.2, 0.25) is 0 Å². The molecule has 1 heterocycles. The van der Waals surface area contributed by atoms with E-state index in [1.54, 1.807) is 0 Å². The first-order valence-corrected chi connectivity index (χ1v) is 5.40. The molecule has 0 saturated carbocycles. The van der Waals surface area contributed by atoms with Gasteiger partial charge < -0.3 is 15.2 Å². The van der Waals surface area contributed by atoms with E-state index in [1.807, 2.05) is 6.07 Å². The lowest BCUT2D eigenvalue weighted by molar-refractivity contribution is 0.249. The summed E-state index contributed by atoms with van der Waals surface area (Å²) >= 11 is 0.